The fraction of sp³-hybridized carbons (Fsp3) is 0.333. The second-order valence-electron chi connectivity index (χ2n) is 2.64. The fourth-order valence-corrected chi connectivity index (χ4v) is 0.905. The van der Waals surface area contributed by atoms with Gasteiger partial charge in [-0.3, -0.25) is 0 Å². The van der Waals surface area contributed by atoms with E-state index < -0.39 is 5.97 Å². The van der Waals surface area contributed by atoms with Crippen LogP contribution in [0.1, 0.15) is 23.8 Å². The number of hydrogen-bond acceptors (Lipinski definition) is 3. The van der Waals surface area contributed by atoms with Gasteiger partial charge in [-0.15, -0.1) is 0 Å². The zero-order valence-electron chi connectivity index (χ0n) is 7.45. The number of aromatic carboxylic acids is 1. The van der Waals surface area contributed by atoms with Gasteiger partial charge in [-0.05, 0) is 18.6 Å². The summed E-state index contributed by atoms with van der Waals surface area (Å²) in [5.74, 6) is -0.387. The molecule has 0 amide bonds. The first-order chi connectivity index (χ1) is 6.24. The van der Waals surface area contributed by atoms with E-state index in [9.17, 15) is 4.79 Å². The molecule has 13 heavy (non-hydrogen) atoms. The van der Waals surface area contributed by atoms with Crippen LogP contribution in [-0.2, 0) is 0 Å². The van der Waals surface area contributed by atoms with E-state index in [4.69, 9.17) is 5.11 Å². The first-order valence-corrected chi connectivity index (χ1v) is 4.18. The van der Waals surface area contributed by atoms with Gasteiger partial charge in [0.05, 0.1) is 0 Å². The Morgan fingerprint density at radius 2 is 2.38 bits per heavy atom. The molecule has 1 aromatic heterocycles. The van der Waals surface area contributed by atoms with Gasteiger partial charge in [0, 0.05) is 6.54 Å². The van der Waals surface area contributed by atoms with Crippen molar-refractivity contribution in [2.75, 3.05) is 11.9 Å². The largest absolute Gasteiger partial charge is 0.477 e. The highest BCUT2D eigenvalue weighted by Gasteiger charge is 2.03. The molecule has 4 heteroatoms. The van der Waals surface area contributed by atoms with Gasteiger partial charge in [-0.25, -0.2) is 9.78 Å². The van der Waals surface area contributed by atoms with Crippen LogP contribution in [0.5, 0.6) is 0 Å². The van der Waals surface area contributed by atoms with Gasteiger partial charge in [0.1, 0.15) is 5.82 Å². The van der Waals surface area contributed by atoms with Crippen molar-refractivity contribution in [3.8, 4) is 0 Å². The molecule has 1 heterocycles. The number of carboxylic acids is 1. The molecule has 0 aliphatic rings. The number of nitrogens with one attached hydrogen (secondary N) is 1. The lowest BCUT2D eigenvalue weighted by Crippen LogP contribution is -2.05. The lowest BCUT2D eigenvalue weighted by atomic mass is 10.3. The quantitative estimate of drug-likeness (QED) is 0.738. The van der Waals surface area contributed by atoms with Crippen LogP contribution in [0.15, 0.2) is 18.2 Å². The van der Waals surface area contributed by atoms with Crippen LogP contribution < -0.4 is 5.32 Å². The summed E-state index contributed by atoms with van der Waals surface area (Å²) in [5.41, 5.74) is 0.0705. The lowest BCUT2D eigenvalue weighted by Gasteiger charge is -2.03. The zero-order chi connectivity index (χ0) is 9.68. The highest BCUT2D eigenvalue weighted by molar-refractivity contribution is 5.85. The average Bonchev–Trinajstić information content (AvgIpc) is 2.15. The number of aromatic nitrogens is 1. The summed E-state index contributed by atoms with van der Waals surface area (Å²) in [6, 6.07) is 4.90. The predicted molar refractivity (Wildman–Crippen MR) is 50.0 cm³/mol. The highest BCUT2D eigenvalue weighted by atomic mass is 16.4. The number of anilines is 1. The molecule has 2 N–H and O–H groups in total. The number of carboxylic acid groups (broad SMARTS) is 1. The summed E-state index contributed by atoms with van der Waals surface area (Å²) in [6.45, 7) is 2.84. The standard InChI is InChI=1S/C9H12N2O2/c1-2-6-10-8-5-3-4-7(11-8)9(12)13/h3-5H,2,6H2,1H3,(H,10,11)(H,12,13). The normalized spacial score (nSPS) is 9.62. The molecule has 1 aromatic rings. The van der Waals surface area contributed by atoms with Crippen molar-refractivity contribution >= 4 is 11.8 Å². The zero-order valence-corrected chi connectivity index (χ0v) is 7.45. The molecular weight excluding hydrogens is 168 g/mol. The van der Waals surface area contributed by atoms with Gasteiger partial charge in [-0.1, -0.05) is 13.0 Å². The van der Waals surface area contributed by atoms with Crippen molar-refractivity contribution in [1.29, 1.82) is 0 Å². The third kappa shape index (κ3) is 2.74. The Hall–Kier alpha value is -1.58. The number of hydrogen-bond donors (Lipinski definition) is 2. The first kappa shape index (κ1) is 9.51. The van der Waals surface area contributed by atoms with Gasteiger partial charge < -0.3 is 10.4 Å². The van der Waals surface area contributed by atoms with Gasteiger partial charge in [0.15, 0.2) is 5.69 Å². The van der Waals surface area contributed by atoms with Crippen LogP contribution in [0.4, 0.5) is 5.82 Å². The molecule has 0 fully saturated rings. The van der Waals surface area contributed by atoms with Crippen LogP contribution in [0, 0.1) is 0 Å². The topological polar surface area (TPSA) is 62.2 Å². The van der Waals surface area contributed by atoms with Gasteiger partial charge >= 0.3 is 5.97 Å². The summed E-state index contributed by atoms with van der Waals surface area (Å²) < 4.78 is 0. The Bertz CT molecular complexity index is 299. The van der Waals surface area contributed by atoms with Gasteiger partial charge in [0.2, 0.25) is 0 Å². The molecule has 4 nitrogen and oxygen atoms in total. The van der Waals surface area contributed by atoms with Crippen LogP contribution in [-0.4, -0.2) is 22.6 Å². The van der Waals surface area contributed by atoms with Gasteiger partial charge in [-0.2, -0.15) is 0 Å². The van der Waals surface area contributed by atoms with Gasteiger partial charge in [0.25, 0.3) is 0 Å². The minimum absolute atomic E-state index is 0.0705. The van der Waals surface area contributed by atoms with E-state index in [1.807, 2.05) is 6.92 Å². The Kier molecular flexibility index (Phi) is 3.25. The maximum absolute atomic E-state index is 10.5. The molecule has 70 valence electrons. The molecule has 0 aliphatic heterocycles. The van der Waals surface area contributed by atoms with Crippen LogP contribution in [0.3, 0.4) is 0 Å². The van der Waals surface area contributed by atoms with Crippen molar-refractivity contribution in [3.05, 3.63) is 23.9 Å². The summed E-state index contributed by atoms with van der Waals surface area (Å²) in [7, 11) is 0. The summed E-state index contributed by atoms with van der Waals surface area (Å²) >= 11 is 0. The average molecular weight is 180 g/mol. The molecule has 0 radical (unpaired) electrons. The molecular formula is C9H12N2O2. The second kappa shape index (κ2) is 4.45. The fourth-order valence-electron chi connectivity index (χ4n) is 0.905. The Labute approximate surface area is 76.6 Å². The predicted octanol–water partition coefficient (Wildman–Crippen LogP) is 1.60. The second-order valence-corrected chi connectivity index (χ2v) is 2.64. The first-order valence-electron chi connectivity index (χ1n) is 4.18. The number of pyridine rings is 1. The third-order valence-electron chi connectivity index (χ3n) is 1.52. The van der Waals surface area contributed by atoms with E-state index in [1.165, 1.54) is 6.07 Å². The van der Waals surface area contributed by atoms with Crippen LogP contribution in [0.2, 0.25) is 0 Å². The molecule has 0 spiro atoms. The Balaban J connectivity index is 2.73. The molecule has 0 aromatic carbocycles. The van der Waals surface area contributed by atoms with E-state index in [1.54, 1.807) is 12.1 Å². The number of nitrogens with zero attached hydrogens (tertiary/aromatic N) is 1. The van der Waals surface area contributed by atoms with Crippen molar-refractivity contribution in [3.63, 3.8) is 0 Å². The van der Waals surface area contributed by atoms with Crippen LogP contribution in [0.25, 0.3) is 0 Å². The van der Waals surface area contributed by atoms with Crippen molar-refractivity contribution in [1.82, 2.24) is 4.98 Å². The Morgan fingerprint density at radius 3 is 3.00 bits per heavy atom. The monoisotopic (exact) mass is 180 g/mol. The summed E-state index contributed by atoms with van der Waals surface area (Å²) in [4.78, 5) is 14.4. The van der Waals surface area contributed by atoms with E-state index in [0.717, 1.165) is 13.0 Å². The summed E-state index contributed by atoms with van der Waals surface area (Å²) in [6.07, 6.45) is 0.985. The molecule has 0 bridgehead atoms. The molecule has 0 unspecified atom stereocenters. The van der Waals surface area contributed by atoms with Crippen molar-refractivity contribution in [2.24, 2.45) is 0 Å². The Morgan fingerprint density at radius 1 is 1.62 bits per heavy atom. The van der Waals surface area contributed by atoms with E-state index in [0.29, 0.717) is 5.82 Å². The lowest BCUT2D eigenvalue weighted by molar-refractivity contribution is 0.0690. The van der Waals surface area contributed by atoms with Crippen molar-refractivity contribution < 1.29 is 9.90 Å². The number of carbonyl (C=O) groups is 1. The molecule has 0 saturated heterocycles. The third-order valence-corrected chi connectivity index (χ3v) is 1.52. The highest BCUT2D eigenvalue weighted by Crippen LogP contribution is 2.04. The van der Waals surface area contributed by atoms with E-state index >= 15 is 0 Å². The number of rotatable bonds is 4. The molecule has 0 aliphatic carbocycles. The molecule has 0 saturated carbocycles. The van der Waals surface area contributed by atoms with E-state index in [2.05, 4.69) is 10.3 Å². The molecule has 1 rings (SSSR count). The minimum atomic E-state index is -1.000. The van der Waals surface area contributed by atoms with Crippen LogP contribution >= 0.6 is 0 Å². The van der Waals surface area contributed by atoms with E-state index in [-0.39, 0.29) is 5.69 Å². The smallest absolute Gasteiger partial charge is 0.354 e. The maximum atomic E-state index is 10.5. The maximum Gasteiger partial charge on any atom is 0.354 e. The van der Waals surface area contributed by atoms with Crippen molar-refractivity contribution in [2.45, 2.75) is 13.3 Å². The SMILES string of the molecule is CCCNc1cccc(C(=O)O)n1. The minimum Gasteiger partial charge on any atom is -0.477 e. The molecule has 0 atom stereocenters. The summed E-state index contributed by atoms with van der Waals surface area (Å²) in [5, 5.41) is 11.7.